The Morgan fingerprint density at radius 3 is 2.70 bits per heavy atom. The lowest BCUT2D eigenvalue weighted by atomic mass is 10.1. The fourth-order valence-corrected chi connectivity index (χ4v) is 3.39. The number of hydrogen-bond acceptors (Lipinski definition) is 4. The second-order valence-electron chi connectivity index (χ2n) is 7.69. The van der Waals surface area contributed by atoms with Gasteiger partial charge in [0.2, 0.25) is 11.8 Å². The molecule has 7 nitrogen and oxygen atoms in total. The molecule has 1 aliphatic heterocycles. The molecule has 30 heavy (non-hydrogen) atoms. The maximum atomic E-state index is 12.7. The highest BCUT2D eigenvalue weighted by Gasteiger charge is 2.25. The Labute approximate surface area is 175 Å². The topological polar surface area (TPSA) is 87.7 Å². The number of fused-ring (bicyclic) bond motifs is 1. The maximum absolute atomic E-state index is 12.7. The summed E-state index contributed by atoms with van der Waals surface area (Å²) < 4.78 is 5.57. The molecule has 0 saturated heterocycles. The van der Waals surface area contributed by atoms with Gasteiger partial charge in [-0.05, 0) is 49.6 Å². The molecule has 0 bridgehead atoms. The first kappa shape index (κ1) is 19.9. The van der Waals surface area contributed by atoms with Gasteiger partial charge in [-0.25, -0.2) is 0 Å². The van der Waals surface area contributed by atoms with E-state index in [2.05, 4.69) is 10.6 Å². The van der Waals surface area contributed by atoms with Crippen LogP contribution >= 0.6 is 0 Å². The fraction of sp³-hybridized carbons (Fsp3) is 0.348. The van der Waals surface area contributed by atoms with Crippen LogP contribution in [-0.2, 0) is 9.59 Å². The van der Waals surface area contributed by atoms with Crippen molar-refractivity contribution in [3.8, 4) is 5.75 Å². The molecule has 2 aromatic carbocycles. The van der Waals surface area contributed by atoms with Crippen LogP contribution in [0.1, 0.15) is 41.6 Å². The van der Waals surface area contributed by atoms with Crippen LogP contribution in [0.4, 0.5) is 11.4 Å². The summed E-state index contributed by atoms with van der Waals surface area (Å²) in [5.41, 5.74) is 2.70. The van der Waals surface area contributed by atoms with Crippen LogP contribution < -0.4 is 20.3 Å². The van der Waals surface area contributed by atoms with E-state index >= 15 is 0 Å². The van der Waals surface area contributed by atoms with Crippen LogP contribution in [0.2, 0.25) is 0 Å². The van der Waals surface area contributed by atoms with E-state index < -0.39 is 0 Å². The van der Waals surface area contributed by atoms with Crippen LogP contribution in [0.5, 0.6) is 5.75 Å². The molecule has 2 aromatic rings. The number of carbonyl (C=O) groups is 3. The van der Waals surface area contributed by atoms with Crippen molar-refractivity contribution in [1.29, 1.82) is 0 Å². The number of nitrogens with one attached hydrogen (secondary N) is 2. The zero-order chi connectivity index (χ0) is 21.1. The second-order valence-corrected chi connectivity index (χ2v) is 7.69. The molecule has 4 rings (SSSR count). The van der Waals surface area contributed by atoms with Gasteiger partial charge in [-0.3, -0.25) is 14.4 Å². The van der Waals surface area contributed by atoms with E-state index in [0.717, 1.165) is 24.1 Å². The molecule has 0 unspecified atom stereocenters. The molecule has 1 heterocycles. The van der Waals surface area contributed by atoms with Crippen LogP contribution in [0.3, 0.4) is 0 Å². The number of hydrogen-bond donors (Lipinski definition) is 2. The summed E-state index contributed by atoms with van der Waals surface area (Å²) in [6.07, 6.45) is 2.20. The summed E-state index contributed by atoms with van der Waals surface area (Å²) in [7, 11) is 0. The smallest absolute Gasteiger partial charge is 0.251 e. The molecule has 156 valence electrons. The van der Waals surface area contributed by atoms with Crippen LogP contribution in [0, 0.1) is 6.92 Å². The van der Waals surface area contributed by atoms with Gasteiger partial charge < -0.3 is 20.3 Å². The first-order valence-corrected chi connectivity index (χ1v) is 10.2. The highest BCUT2D eigenvalue weighted by molar-refractivity contribution is 6.00. The van der Waals surface area contributed by atoms with Gasteiger partial charge in [0.1, 0.15) is 12.4 Å². The SMILES string of the molecule is Cc1ccc(C(=O)NC2CC2)cc1NC(=O)CCC(=O)N1CCOc2ccccc21. The molecule has 3 amide bonds. The summed E-state index contributed by atoms with van der Waals surface area (Å²) in [5.74, 6) is 0.176. The number of aryl methyl sites for hydroxylation is 1. The van der Waals surface area contributed by atoms with Crippen LogP contribution in [0.25, 0.3) is 0 Å². The van der Waals surface area contributed by atoms with E-state index in [4.69, 9.17) is 4.74 Å². The number of anilines is 2. The lowest BCUT2D eigenvalue weighted by Gasteiger charge is -2.29. The zero-order valence-corrected chi connectivity index (χ0v) is 16.9. The quantitative estimate of drug-likeness (QED) is 0.771. The Kier molecular flexibility index (Phi) is 5.70. The number of para-hydroxylation sites is 2. The van der Waals surface area contributed by atoms with Gasteiger partial charge in [0.25, 0.3) is 5.91 Å². The number of carbonyl (C=O) groups excluding carboxylic acids is 3. The predicted octanol–water partition coefficient (Wildman–Crippen LogP) is 3.03. The van der Waals surface area contributed by atoms with Gasteiger partial charge in [0.15, 0.2) is 0 Å². The Balaban J connectivity index is 1.35. The first-order valence-electron chi connectivity index (χ1n) is 10.2. The van der Waals surface area contributed by atoms with Crippen molar-refractivity contribution >= 4 is 29.1 Å². The van der Waals surface area contributed by atoms with E-state index in [9.17, 15) is 14.4 Å². The van der Waals surface area contributed by atoms with Crippen molar-refractivity contribution in [2.24, 2.45) is 0 Å². The number of amides is 3. The molecule has 1 saturated carbocycles. The largest absolute Gasteiger partial charge is 0.490 e. The van der Waals surface area contributed by atoms with Crippen molar-refractivity contribution in [2.75, 3.05) is 23.4 Å². The van der Waals surface area contributed by atoms with Gasteiger partial charge in [-0.2, -0.15) is 0 Å². The van der Waals surface area contributed by atoms with Crippen molar-refractivity contribution in [3.05, 3.63) is 53.6 Å². The summed E-state index contributed by atoms with van der Waals surface area (Å²) in [4.78, 5) is 39.1. The van der Waals surface area contributed by atoms with Crippen molar-refractivity contribution in [2.45, 2.75) is 38.6 Å². The highest BCUT2D eigenvalue weighted by atomic mass is 16.5. The monoisotopic (exact) mass is 407 g/mol. The minimum Gasteiger partial charge on any atom is -0.490 e. The lowest BCUT2D eigenvalue weighted by Crippen LogP contribution is -2.38. The Morgan fingerprint density at radius 2 is 1.90 bits per heavy atom. The van der Waals surface area contributed by atoms with E-state index in [1.165, 1.54) is 0 Å². The standard InChI is InChI=1S/C23H25N3O4/c1-15-6-7-16(23(29)24-17-8-9-17)14-18(15)25-21(27)10-11-22(28)26-12-13-30-20-5-3-2-4-19(20)26/h2-7,14,17H,8-13H2,1H3,(H,24,29)(H,25,27). The normalized spacial score (nSPS) is 15.0. The molecule has 7 heteroatoms. The molecule has 2 aliphatic rings. The van der Waals surface area contributed by atoms with Crippen molar-refractivity contribution < 1.29 is 19.1 Å². The minimum absolute atomic E-state index is 0.0658. The Morgan fingerprint density at radius 1 is 1.10 bits per heavy atom. The molecule has 1 aliphatic carbocycles. The average molecular weight is 407 g/mol. The Bertz CT molecular complexity index is 984. The zero-order valence-electron chi connectivity index (χ0n) is 16.9. The molecule has 0 aromatic heterocycles. The Hall–Kier alpha value is -3.35. The van der Waals surface area contributed by atoms with E-state index in [1.807, 2.05) is 37.3 Å². The van der Waals surface area contributed by atoms with Gasteiger partial charge in [-0.15, -0.1) is 0 Å². The lowest BCUT2D eigenvalue weighted by molar-refractivity contribution is -0.122. The van der Waals surface area contributed by atoms with Gasteiger partial charge in [0, 0.05) is 30.1 Å². The fourth-order valence-electron chi connectivity index (χ4n) is 3.39. The number of benzene rings is 2. The molecule has 0 spiro atoms. The van der Waals surface area contributed by atoms with E-state index in [0.29, 0.717) is 30.2 Å². The average Bonchev–Trinajstić information content (AvgIpc) is 3.57. The third kappa shape index (κ3) is 4.62. The van der Waals surface area contributed by atoms with E-state index in [1.54, 1.807) is 17.0 Å². The van der Waals surface area contributed by atoms with E-state index in [-0.39, 0.29) is 36.6 Å². The third-order valence-electron chi connectivity index (χ3n) is 5.28. The summed E-state index contributed by atoms with van der Waals surface area (Å²) in [6, 6.07) is 12.9. The van der Waals surface area contributed by atoms with Crippen molar-refractivity contribution in [1.82, 2.24) is 5.32 Å². The number of nitrogens with zero attached hydrogens (tertiary/aromatic N) is 1. The molecule has 1 fully saturated rings. The third-order valence-corrected chi connectivity index (χ3v) is 5.28. The molecule has 0 radical (unpaired) electrons. The second kappa shape index (κ2) is 8.57. The van der Waals surface area contributed by atoms with Crippen LogP contribution in [-0.4, -0.2) is 36.9 Å². The first-order chi connectivity index (χ1) is 14.5. The summed E-state index contributed by atoms with van der Waals surface area (Å²) in [6.45, 7) is 2.77. The molecule has 2 N–H and O–H groups in total. The van der Waals surface area contributed by atoms with Crippen molar-refractivity contribution in [3.63, 3.8) is 0 Å². The van der Waals surface area contributed by atoms with Crippen LogP contribution in [0.15, 0.2) is 42.5 Å². The summed E-state index contributed by atoms with van der Waals surface area (Å²) >= 11 is 0. The molecular formula is C23H25N3O4. The minimum atomic E-state index is -0.257. The number of ether oxygens (including phenoxy) is 1. The maximum Gasteiger partial charge on any atom is 0.251 e. The molecule has 0 atom stereocenters. The van der Waals surface area contributed by atoms with Gasteiger partial charge >= 0.3 is 0 Å². The molecular weight excluding hydrogens is 382 g/mol. The summed E-state index contributed by atoms with van der Waals surface area (Å²) in [5, 5.41) is 5.78. The van der Waals surface area contributed by atoms with Gasteiger partial charge in [0.05, 0.1) is 12.2 Å². The van der Waals surface area contributed by atoms with Gasteiger partial charge in [-0.1, -0.05) is 18.2 Å². The number of rotatable bonds is 6. The highest BCUT2D eigenvalue weighted by Crippen LogP contribution is 2.31. The predicted molar refractivity (Wildman–Crippen MR) is 114 cm³/mol.